The summed E-state index contributed by atoms with van der Waals surface area (Å²) in [5, 5.41) is 14.6. The zero-order valence-corrected chi connectivity index (χ0v) is 12.7. The van der Waals surface area contributed by atoms with E-state index in [4.69, 9.17) is 16.7 Å². The lowest BCUT2D eigenvalue weighted by Crippen LogP contribution is -2.30. The summed E-state index contributed by atoms with van der Waals surface area (Å²) in [6, 6.07) is 3.81. The highest BCUT2D eigenvalue weighted by atomic mass is 35.5. The van der Waals surface area contributed by atoms with Gasteiger partial charge in [0.25, 0.3) is 0 Å². The lowest BCUT2D eigenvalue weighted by atomic mass is 10.2. The smallest absolute Gasteiger partial charge is 0.337 e. The second-order valence-corrected chi connectivity index (χ2v) is 5.50. The van der Waals surface area contributed by atoms with Gasteiger partial charge in [-0.15, -0.1) is 0 Å². The molecule has 2 amide bonds. The monoisotopic (exact) mass is 316 g/mol. The number of carbonyl (C=O) groups is 2. The fourth-order valence-corrected chi connectivity index (χ4v) is 2.21. The van der Waals surface area contributed by atoms with Crippen molar-refractivity contribution in [1.82, 2.24) is 5.32 Å². The van der Waals surface area contributed by atoms with Crippen LogP contribution in [-0.2, 0) is 0 Å². The third kappa shape index (κ3) is 5.71. The van der Waals surface area contributed by atoms with Gasteiger partial charge >= 0.3 is 12.0 Å². The zero-order valence-electron chi connectivity index (χ0n) is 11.1. The Hall–Kier alpha value is -1.40. The fourth-order valence-electron chi connectivity index (χ4n) is 1.55. The van der Waals surface area contributed by atoms with E-state index >= 15 is 0 Å². The number of halogens is 1. The highest BCUT2D eigenvalue weighted by molar-refractivity contribution is 7.98. The Morgan fingerprint density at radius 2 is 2.10 bits per heavy atom. The Bertz CT molecular complexity index is 483. The van der Waals surface area contributed by atoms with Gasteiger partial charge in [-0.25, -0.2) is 9.59 Å². The van der Waals surface area contributed by atoms with Crippen molar-refractivity contribution in [3.8, 4) is 0 Å². The number of benzene rings is 1. The number of amides is 2. The van der Waals surface area contributed by atoms with Crippen LogP contribution in [0.2, 0.25) is 5.02 Å². The summed E-state index contributed by atoms with van der Waals surface area (Å²) >= 11 is 7.56. The van der Waals surface area contributed by atoms with Gasteiger partial charge in [0, 0.05) is 11.6 Å². The van der Waals surface area contributed by atoms with Crippen molar-refractivity contribution in [1.29, 1.82) is 0 Å². The molecule has 0 bridgehead atoms. The second kappa shape index (κ2) is 8.71. The highest BCUT2D eigenvalue weighted by Crippen LogP contribution is 2.21. The molecule has 110 valence electrons. The molecule has 0 atom stereocenters. The summed E-state index contributed by atoms with van der Waals surface area (Å²) in [7, 11) is 0. The molecule has 0 radical (unpaired) electrons. The number of urea groups is 1. The number of rotatable bonds is 7. The van der Waals surface area contributed by atoms with Crippen LogP contribution in [0.15, 0.2) is 18.2 Å². The quantitative estimate of drug-likeness (QED) is 0.674. The van der Waals surface area contributed by atoms with Crippen molar-refractivity contribution in [3.63, 3.8) is 0 Å². The fraction of sp³-hybridized carbons (Fsp3) is 0.385. The molecule has 0 spiro atoms. The first kappa shape index (κ1) is 16.7. The van der Waals surface area contributed by atoms with Gasteiger partial charge in [0.05, 0.1) is 11.3 Å². The third-order valence-corrected chi connectivity index (χ3v) is 3.45. The number of thioether (sulfide) groups is 1. The molecular weight excluding hydrogens is 300 g/mol. The van der Waals surface area contributed by atoms with Crippen LogP contribution >= 0.6 is 23.4 Å². The van der Waals surface area contributed by atoms with Crippen LogP contribution in [0, 0.1) is 0 Å². The van der Waals surface area contributed by atoms with Crippen molar-refractivity contribution in [2.24, 2.45) is 0 Å². The Balaban J connectivity index is 2.53. The van der Waals surface area contributed by atoms with Gasteiger partial charge in [-0.05, 0) is 43.0 Å². The summed E-state index contributed by atoms with van der Waals surface area (Å²) in [4.78, 5) is 22.7. The van der Waals surface area contributed by atoms with E-state index in [2.05, 4.69) is 10.6 Å². The van der Waals surface area contributed by atoms with Gasteiger partial charge in [-0.3, -0.25) is 0 Å². The molecule has 0 heterocycles. The molecule has 20 heavy (non-hydrogen) atoms. The van der Waals surface area contributed by atoms with Crippen molar-refractivity contribution in [2.45, 2.75) is 12.8 Å². The van der Waals surface area contributed by atoms with Crippen molar-refractivity contribution >= 4 is 41.1 Å². The molecule has 1 rings (SSSR count). The molecule has 3 N–H and O–H groups in total. The van der Waals surface area contributed by atoms with Crippen molar-refractivity contribution < 1.29 is 14.7 Å². The molecule has 0 aliphatic carbocycles. The molecule has 1 aromatic carbocycles. The standard InChI is InChI=1S/C13H17ClN2O3S/c1-20-7-3-2-6-15-13(19)16-11-8-9(14)4-5-10(11)12(17)18/h4-5,8H,2-3,6-7H2,1H3,(H,17,18)(H2,15,16,19). The Morgan fingerprint density at radius 3 is 2.75 bits per heavy atom. The van der Waals surface area contributed by atoms with Crippen LogP contribution in [0.25, 0.3) is 0 Å². The van der Waals surface area contributed by atoms with Gasteiger partial charge in [-0.2, -0.15) is 11.8 Å². The number of carboxylic acid groups (broad SMARTS) is 1. The van der Waals surface area contributed by atoms with Crippen LogP contribution in [-0.4, -0.2) is 35.7 Å². The summed E-state index contributed by atoms with van der Waals surface area (Å²) in [6.07, 6.45) is 3.95. The number of hydrogen-bond acceptors (Lipinski definition) is 3. The van der Waals surface area contributed by atoms with Crippen LogP contribution in [0.1, 0.15) is 23.2 Å². The molecule has 0 aliphatic heterocycles. The lowest BCUT2D eigenvalue weighted by molar-refractivity contribution is 0.0698. The minimum absolute atomic E-state index is 0.00642. The van der Waals surface area contributed by atoms with E-state index in [1.165, 1.54) is 18.2 Å². The maximum atomic E-state index is 11.7. The number of nitrogens with one attached hydrogen (secondary N) is 2. The van der Waals surface area contributed by atoms with Crippen LogP contribution in [0.4, 0.5) is 10.5 Å². The van der Waals surface area contributed by atoms with E-state index in [0.717, 1.165) is 18.6 Å². The van der Waals surface area contributed by atoms with Gasteiger partial charge in [0.1, 0.15) is 0 Å². The molecule has 7 heteroatoms. The normalized spacial score (nSPS) is 10.1. The van der Waals surface area contributed by atoms with Crippen LogP contribution < -0.4 is 10.6 Å². The predicted molar refractivity (Wildman–Crippen MR) is 83.0 cm³/mol. The molecule has 0 unspecified atom stereocenters. The van der Waals surface area contributed by atoms with Crippen LogP contribution in [0.5, 0.6) is 0 Å². The number of unbranched alkanes of at least 4 members (excludes halogenated alkanes) is 1. The maximum absolute atomic E-state index is 11.7. The number of anilines is 1. The zero-order chi connectivity index (χ0) is 15.0. The number of aromatic carboxylic acids is 1. The van der Waals surface area contributed by atoms with Gasteiger partial charge in [0.2, 0.25) is 0 Å². The molecule has 1 aromatic rings. The van der Waals surface area contributed by atoms with E-state index in [-0.39, 0.29) is 11.3 Å². The maximum Gasteiger partial charge on any atom is 0.337 e. The van der Waals surface area contributed by atoms with E-state index in [0.29, 0.717) is 11.6 Å². The Kier molecular flexibility index (Phi) is 7.25. The van der Waals surface area contributed by atoms with Crippen molar-refractivity contribution in [2.75, 3.05) is 23.9 Å². The molecule has 0 saturated heterocycles. The third-order valence-electron chi connectivity index (χ3n) is 2.52. The SMILES string of the molecule is CSCCCCNC(=O)Nc1cc(Cl)ccc1C(=O)O. The largest absolute Gasteiger partial charge is 0.478 e. The second-order valence-electron chi connectivity index (χ2n) is 4.08. The minimum Gasteiger partial charge on any atom is -0.478 e. The van der Waals surface area contributed by atoms with Crippen molar-refractivity contribution in [3.05, 3.63) is 28.8 Å². The van der Waals surface area contributed by atoms with Gasteiger partial charge in [-0.1, -0.05) is 11.6 Å². The number of hydrogen-bond donors (Lipinski definition) is 3. The van der Waals surface area contributed by atoms with E-state index in [1.54, 1.807) is 11.8 Å². The number of carboxylic acids is 1. The van der Waals surface area contributed by atoms with Crippen LogP contribution in [0.3, 0.4) is 0 Å². The molecule has 0 saturated carbocycles. The molecule has 0 aliphatic rings. The molecule has 0 aromatic heterocycles. The Labute approximate surface area is 127 Å². The Morgan fingerprint density at radius 1 is 1.35 bits per heavy atom. The summed E-state index contributed by atoms with van der Waals surface area (Å²) in [6.45, 7) is 0.551. The average Bonchev–Trinajstić information content (AvgIpc) is 2.38. The van der Waals surface area contributed by atoms with E-state index < -0.39 is 12.0 Å². The minimum atomic E-state index is -1.11. The van der Waals surface area contributed by atoms with E-state index in [9.17, 15) is 9.59 Å². The van der Waals surface area contributed by atoms with Gasteiger partial charge in [0.15, 0.2) is 0 Å². The summed E-state index contributed by atoms with van der Waals surface area (Å²) < 4.78 is 0. The lowest BCUT2D eigenvalue weighted by Gasteiger charge is -2.10. The number of carbonyl (C=O) groups excluding carboxylic acids is 1. The predicted octanol–water partition coefficient (Wildman–Crippen LogP) is 3.30. The first-order valence-electron chi connectivity index (χ1n) is 6.11. The summed E-state index contributed by atoms with van der Waals surface area (Å²) in [5.41, 5.74) is 0.193. The summed E-state index contributed by atoms with van der Waals surface area (Å²) in [5.74, 6) is -0.0576. The molecule has 5 nitrogen and oxygen atoms in total. The molecular formula is C13H17ClN2O3S. The topological polar surface area (TPSA) is 78.4 Å². The first-order valence-corrected chi connectivity index (χ1v) is 7.88. The van der Waals surface area contributed by atoms with E-state index in [1.807, 2.05) is 6.26 Å². The van der Waals surface area contributed by atoms with Gasteiger partial charge < -0.3 is 15.7 Å². The average molecular weight is 317 g/mol. The highest BCUT2D eigenvalue weighted by Gasteiger charge is 2.12. The molecule has 0 fully saturated rings. The first-order chi connectivity index (χ1) is 9.54.